The molecule has 43 heavy (non-hydrogen) atoms. The van der Waals surface area contributed by atoms with Gasteiger partial charge in [0.1, 0.15) is 11.6 Å². The lowest BCUT2D eigenvalue weighted by molar-refractivity contribution is -0.143. The molecule has 4 rings (SSSR count). The van der Waals surface area contributed by atoms with Gasteiger partial charge in [0.05, 0.1) is 36.2 Å². The highest BCUT2D eigenvalue weighted by atomic mass is 19.4. The van der Waals surface area contributed by atoms with Crippen molar-refractivity contribution in [2.75, 3.05) is 12.4 Å². The average Bonchev–Trinajstić information content (AvgIpc) is 3.23. The number of anilines is 1. The van der Waals surface area contributed by atoms with Crippen molar-refractivity contribution < 1.29 is 59.7 Å². The molecule has 3 N–H and O–H groups in total. The average molecular weight is 621 g/mol. The van der Waals surface area contributed by atoms with Crippen molar-refractivity contribution in [3.63, 3.8) is 0 Å². The molecule has 0 spiro atoms. The van der Waals surface area contributed by atoms with Crippen molar-refractivity contribution >= 4 is 23.5 Å². The van der Waals surface area contributed by atoms with Gasteiger partial charge in [-0.1, -0.05) is 0 Å². The monoisotopic (exact) mass is 620 g/mol. The molecule has 8 nitrogen and oxygen atoms in total. The SMILES string of the molecule is COc1cc(F)c(OC2CCC(C(=O)O)CC2)cc1C(=O)N[C@H]1CC(F)(F)C[C@H]1C(=O)Nc1ccc(F)c(C(F)(F)F)c1. The van der Waals surface area contributed by atoms with Crippen LogP contribution < -0.4 is 20.1 Å². The first kappa shape index (κ1) is 31.9. The molecule has 0 bridgehead atoms. The fourth-order valence-electron chi connectivity index (χ4n) is 5.32. The minimum Gasteiger partial charge on any atom is -0.496 e. The van der Waals surface area contributed by atoms with Gasteiger partial charge in [-0.25, -0.2) is 17.6 Å². The highest BCUT2D eigenvalue weighted by Crippen LogP contribution is 2.41. The first-order valence-electron chi connectivity index (χ1n) is 13.2. The Bertz CT molecular complexity index is 1390. The number of carbonyl (C=O) groups excluding carboxylic acids is 2. The Morgan fingerprint density at radius 2 is 1.63 bits per heavy atom. The van der Waals surface area contributed by atoms with Crippen LogP contribution in [-0.2, 0) is 15.8 Å². The van der Waals surface area contributed by atoms with Crippen molar-refractivity contribution in [1.82, 2.24) is 5.32 Å². The van der Waals surface area contributed by atoms with Crippen LogP contribution in [0.15, 0.2) is 30.3 Å². The summed E-state index contributed by atoms with van der Waals surface area (Å²) in [6.45, 7) is 0. The van der Waals surface area contributed by atoms with Gasteiger partial charge in [-0.2, -0.15) is 13.2 Å². The van der Waals surface area contributed by atoms with Gasteiger partial charge in [-0.05, 0) is 49.9 Å². The molecule has 2 aliphatic rings. The lowest BCUT2D eigenvalue weighted by Gasteiger charge is -2.27. The Morgan fingerprint density at radius 3 is 2.23 bits per heavy atom. The largest absolute Gasteiger partial charge is 0.496 e. The lowest BCUT2D eigenvalue weighted by atomic mass is 9.87. The van der Waals surface area contributed by atoms with Gasteiger partial charge in [0.2, 0.25) is 5.91 Å². The molecule has 2 fully saturated rings. The van der Waals surface area contributed by atoms with Gasteiger partial charge in [0, 0.05) is 30.6 Å². The number of carboxylic acid groups (broad SMARTS) is 1. The van der Waals surface area contributed by atoms with Crippen molar-refractivity contribution in [3.05, 3.63) is 53.1 Å². The van der Waals surface area contributed by atoms with E-state index in [4.69, 9.17) is 14.6 Å². The number of carboxylic acids is 1. The highest BCUT2D eigenvalue weighted by Gasteiger charge is 2.50. The van der Waals surface area contributed by atoms with Gasteiger partial charge >= 0.3 is 12.1 Å². The molecule has 15 heteroatoms. The van der Waals surface area contributed by atoms with E-state index in [1.807, 2.05) is 0 Å². The number of alkyl halides is 5. The molecule has 0 radical (unpaired) electrons. The van der Waals surface area contributed by atoms with Crippen LogP contribution in [0.2, 0.25) is 0 Å². The van der Waals surface area contributed by atoms with E-state index in [1.165, 1.54) is 0 Å². The van der Waals surface area contributed by atoms with Crippen LogP contribution in [0.5, 0.6) is 11.5 Å². The molecule has 2 aromatic carbocycles. The molecule has 2 aliphatic carbocycles. The van der Waals surface area contributed by atoms with E-state index in [2.05, 4.69) is 10.6 Å². The Morgan fingerprint density at radius 1 is 0.953 bits per heavy atom. The first-order valence-corrected chi connectivity index (χ1v) is 13.2. The Hall–Kier alpha value is -4.04. The van der Waals surface area contributed by atoms with Crippen LogP contribution in [0, 0.1) is 23.5 Å². The van der Waals surface area contributed by atoms with E-state index in [0.717, 1.165) is 25.3 Å². The number of hydrogen-bond acceptors (Lipinski definition) is 5. The van der Waals surface area contributed by atoms with Crippen LogP contribution in [0.25, 0.3) is 0 Å². The van der Waals surface area contributed by atoms with Crippen LogP contribution in [0.3, 0.4) is 0 Å². The Balaban J connectivity index is 1.51. The smallest absolute Gasteiger partial charge is 0.419 e. The van der Waals surface area contributed by atoms with E-state index in [1.54, 1.807) is 0 Å². The molecule has 0 unspecified atom stereocenters. The van der Waals surface area contributed by atoms with Crippen molar-refractivity contribution in [3.8, 4) is 11.5 Å². The van der Waals surface area contributed by atoms with Crippen molar-refractivity contribution in [2.24, 2.45) is 11.8 Å². The third-order valence-electron chi connectivity index (χ3n) is 7.53. The maximum Gasteiger partial charge on any atom is 0.419 e. The maximum atomic E-state index is 14.8. The van der Waals surface area contributed by atoms with Gasteiger partial charge in [-0.15, -0.1) is 0 Å². The Labute approximate surface area is 240 Å². The number of amides is 2. The molecule has 2 amide bonds. The summed E-state index contributed by atoms with van der Waals surface area (Å²) in [6.07, 6.45) is -6.39. The second-order valence-corrected chi connectivity index (χ2v) is 10.5. The number of aliphatic carboxylic acids is 1. The predicted molar refractivity (Wildman–Crippen MR) is 136 cm³/mol. The maximum absolute atomic E-state index is 14.8. The predicted octanol–water partition coefficient (Wildman–Crippen LogP) is 5.80. The summed E-state index contributed by atoms with van der Waals surface area (Å²) in [4.78, 5) is 37.3. The summed E-state index contributed by atoms with van der Waals surface area (Å²) in [5.41, 5.74) is -2.46. The summed E-state index contributed by atoms with van der Waals surface area (Å²) in [6, 6.07) is 2.00. The van der Waals surface area contributed by atoms with E-state index in [-0.39, 0.29) is 17.1 Å². The number of carbonyl (C=O) groups is 3. The van der Waals surface area contributed by atoms with Crippen molar-refractivity contribution in [2.45, 2.75) is 62.8 Å². The molecule has 2 saturated carbocycles. The number of halogens is 7. The molecule has 0 aliphatic heterocycles. The number of rotatable bonds is 8. The number of hydrogen-bond donors (Lipinski definition) is 3. The van der Waals surface area contributed by atoms with Gasteiger partial charge in [-0.3, -0.25) is 14.4 Å². The third-order valence-corrected chi connectivity index (χ3v) is 7.53. The number of methoxy groups -OCH3 is 1. The third kappa shape index (κ3) is 7.49. The number of nitrogens with one attached hydrogen (secondary N) is 2. The highest BCUT2D eigenvalue weighted by molar-refractivity contribution is 5.99. The molecule has 2 atom stereocenters. The van der Waals surface area contributed by atoms with Crippen LogP contribution in [0.4, 0.5) is 36.4 Å². The quantitative estimate of drug-likeness (QED) is 0.322. The Kier molecular flexibility index (Phi) is 9.11. The van der Waals surface area contributed by atoms with Crippen LogP contribution >= 0.6 is 0 Å². The fraction of sp³-hybridized carbons (Fsp3) is 0.464. The summed E-state index contributed by atoms with van der Waals surface area (Å²) < 4.78 is 107. The zero-order chi connectivity index (χ0) is 31.7. The summed E-state index contributed by atoms with van der Waals surface area (Å²) in [7, 11) is 1.14. The summed E-state index contributed by atoms with van der Waals surface area (Å²) in [5.74, 6) is -11.8. The van der Waals surface area contributed by atoms with Gasteiger partial charge in [0.25, 0.3) is 11.8 Å². The standard InChI is InChI=1S/C28H27F7N2O6/c1-42-22-10-20(30)23(43-15-5-2-13(3-6-15)26(40)41)9-16(22)24(38)37-21-12-27(31,32)11-17(21)25(39)36-14-4-7-19(29)18(8-14)28(33,34)35/h4,7-10,13,15,17,21H,2-3,5-6,11-12H2,1H3,(H,36,39)(H,37,38)(H,40,41)/t13?,15?,17-,21+/m1/s1. The van der Waals surface area contributed by atoms with Crippen LogP contribution in [-0.4, -0.2) is 48.1 Å². The number of benzene rings is 2. The second kappa shape index (κ2) is 12.3. The molecular formula is C28H27F7N2O6. The molecule has 0 saturated heterocycles. The topological polar surface area (TPSA) is 114 Å². The van der Waals surface area contributed by atoms with E-state index in [9.17, 15) is 45.1 Å². The zero-order valence-corrected chi connectivity index (χ0v) is 22.6. The molecule has 2 aromatic rings. The second-order valence-electron chi connectivity index (χ2n) is 10.5. The zero-order valence-electron chi connectivity index (χ0n) is 22.6. The fourth-order valence-corrected chi connectivity index (χ4v) is 5.32. The van der Waals surface area contributed by atoms with E-state index in [0.29, 0.717) is 37.8 Å². The molecular weight excluding hydrogens is 593 g/mol. The molecule has 234 valence electrons. The summed E-state index contributed by atoms with van der Waals surface area (Å²) >= 11 is 0. The minimum atomic E-state index is -5.07. The summed E-state index contributed by atoms with van der Waals surface area (Å²) in [5, 5.41) is 13.5. The van der Waals surface area contributed by atoms with Gasteiger partial charge < -0.3 is 25.2 Å². The minimum absolute atomic E-state index is 0.270. The van der Waals surface area contributed by atoms with E-state index >= 15 is 0 Å². The molecule has 0 aromatic heterocycles. The first-order chi connectivity index (χ1) is 20.1. The van der Waals surface area contributed by atoms with Crippen LogP contribution in [0.1, 0.15) is 54.4 Å². The lowest BCUT2D eigenvalue weighted by Crippen LogP contribution is -2.42. The number of ether oxygens (including phenoxy) is 2. The van der Waals surface area contributed by atoms with E-state index < -0.39 is 89.6 Å². The van der Waals surface area contributed by atoms with Crippen molar-refractivity contribution in [1.29, 1.82) is 0 Å². The molecule has 0 heterocycles. The van der Waals surface area contributed by atoms with Gasteiger partial charge in [0.15, 0.2) is 11.6 Å². The normalized spacial score (nSPS) is 23.3.